The summed E-state index contributed by atoms with van der Waals surface area (Å²) >= 11 is 0. The smallest absolute Gasteiger partial charge is 0.210 e. The van der Waals surface area contributed by atoms with Gasteiger partial charge in [-0.3, -0.25) is 9.59 Å². The summed E-state index contributed by atoms with van der Waals surface area (Å²) in [6, 6.07) is 10.2. The molecular weight excluding hydrogens is 407 g/mol. The summed E-state index contributed by atoms with van der Waals surface area (Å²) in [4.78, 5) is 25.1. The number of sulfone groups is 1. The van der Waals surface area contributed by atoms with Gasteiger partial charge in [0, 0.05) is 11.8 Å². The highest BCUT2D eigenvalue weighted by atomic mass is 32.2. The summed E-state index contributed by atoms with van der Waals surface area (Å²) in [6.45, 7) is 1.28. The molecule has 5 nitrogen and oxygen atoms in total. The number of rotatable bonds is 4. The van der Waals surface area contributed by atoms with Crippen molar-refractivity contribution in [3.05, 3.63) is 65.0 Å². The minimum atomic E-state index is -3.37. The first-order chi connectivity index (χ1) is 14.1. The van der Waals surface area contributed by atoms with Gasteiger partial charge >= 0.3 is 0 Å². The Bertz CT molecular complexity index is 1190. The van der Waals surface area contributed by atoms with Gasteiger partial charge in [-0.25, -0.2) is 12.8 Å². The second-order valence-corrected chi connectivity index (χ2v) is 9.90. The highest BCUT2D eigenvalue weighted by Crippen LogP contribution is 2.49. The Balaban J connectivity index is 1.86. The normalized spacial score (nSPS) is 18.2. The molecule has 0 amide bonds. The van der Waals surface area contributed by atoms with Crippen molar-refractivity contribution < 1.29 is 27.1 Å². The van der Waals surface area contributed by atoms with E-state index in [4.69, 9.17) is 4.74 Å². The fourth-order valence-corrected chi connectivity index (χ4v) is 4.80. The van der Waals surface area contributed by atoms with E-state index >= 15 is 0 Å². The SMILES string of the molecule is CC(=O)c1ccc(C2=C(c3ccc(S(C)(=O)=O)cc3)OC3(CCCC3)C2=O)cc1F. The molecule has 2 aromatic carbocycles. The van der Waals surface area contributed by atoms with Crippen molar-refractivity contribution in [2.45, 2.75) is 43.1 Å². The third kappa shape index (κ3) is 3.37. The van der Waals surface area contributed by atoms with Gasteiger partial charge in [-0.05, 0) is 74.6 Å². The Hall–Kier alpha value is -2.80. The van der Waals surface area contributed by atoms with Crippen LogP contribution in [0.4, 0.5) is 4.39 Å². The van der Waals surface area contributed by atoms with Crippen molar-refractivity contribution >= 4 is 32.7 Å². The van der Waals surface area contributed by atoms with Crippen molar-refractivity contribution in [1.29, 1.82) is 0 Å². The first-order valence-corrected chi connectivity index (χ1v) is 11.6. The number of hydrogen-bond acceptors (Lipinski definition) is 5. The topological polar surface area (TPSA) is 77.5 Å². The molecule has 2 aromatic rings. The number of ketones is 2. The van der Waals surface area contributed by atoms with Crippen LogP contribution in [0.5, 0.6) is 0 Å². The molecule has 1 saturated carbocycles. The minimum absolute atomic E-state index is 0.0413. The lowest BCUT2D eigenvalue weighted by Crippen LogP contribution is -2.33. The lowest BCUT2D eigenvalue weighted by atomic mass is 9.88. The van der Waals surface area contributed by atoms with Crippen LogP contribution in [0.2, 0.25) is 0 Å². The van der Waals surface area contributed by atoms with E-state index in [0.717, 1.165) is 19.1 Å². The van der Waals surface area contributed by atoms with E-state index in [1.165, 1.54) is 31.2 Å². The molecule has 0 radical (unpaired) electrons. The molecule has 1 aliphatic heterocycles. The van der Waals surface area contributed by atoms with Crippen LogP contribution in [0.25, 0.3) is 11.3 Å². The monoisotopic (exact) mass is 428 g/mol. The average Bonchev–Trinajstić information content (AvgIpc) is 3.27. The number of hydrogen-bond donors (Lipinski definition) is 0. The number of carbonyl (C=O) groups is 2. The van der Waals surface area contributed by atoms with Gasteiger partial charge < -0.3 is 4.74 Å². The molecule has 1 fully saturated rings. The fourth-order valence-electron chi connectivity index (χ4n) is 4.17. The standard InChI is InChI=1S/C23H21FO5S/c1-14(25)18-10-7-16(13-19(18)24)20-21(29-23(22(20)26)11-3-4-12-23)15-5-8-17(9-6-15)30(2,27)28/h5-10,13H,3-4,11-12H2,1-2H3. The molecule has 0 bridgehead atoms. The zero-order chi connectivity index (χ0) is 21.7. The quantitative estimate of drug-likeness (QED) is 0.682. The number of carbonyl (C=O) groups excluding carboxylic acids is 2. The number of ether oxygens (including phenoxy) is 1. The lowest BCUT2D eigenvalue weighted by Gasteiger charge is -2.22. The summed E-state index contributed by atoms with van der Waals surface area (Å²) in [7, 11) is -3.37. The first kappa shape index (κ1) is 20.5. The van der Waals surface area contributed by atoms with Gasteiger partial charge in [-0.15, -0.1) is 0 Å². The Morgan fingerprint density at radius 1 is 1.03 bits per heavy atom. The van der Waals surface area contributed by atoms with Crippen molar-refractivity contribution in [3.8, 4) is 0 Å². The van der Waals surface area contributed by atoms with Crippen LogP contribution in [0, 0.1) is 5.82 Å². The summed E-state index contributed by atoms with van der Waals surface area (Å²) in [5.74, 6) is -0.973. The second kappa shape index (κ2) is 7.16. The van der Waals surface area contributed by atoms with Gasteiger partial charge in [0.2, 0.25) is 5.78 Å². The highest BCUT2D eigenvalue weighted by Gasteiger charge is 2.51. The number of Topliss-reactive ketones (excluding diaryl/α,β-unsaturated/α-hetero) is 2. The van der Waals surface area contributed by atoms with Crippen LogP contribution in [0.3, 0.4) is 0 Å². The maximum Gasteiger partial charge on any atom is 0.210 e. The van der Waals surface area contributed by atoms with Crippen LogP contribution in [0.1, 0.15) is 54.1 Å². The third-order valence-corrected chi connectivity index (χ3v) is 6.89. The highest BCUT2D eigenvalue weighted by molar-refractivity contribution is 7.90. The Morgan fingerprint density at radius 3 is 2.17 bits per heavy atom. The third-order valence-electron chi connectivity index (χ3n) is 5.76. The Kier molecular flexibility index (Phi) is 4.89. The minimum Gasteiger partial charge on any atom is -0.478 e. The molecular formula is C23H21FO5S. The number of benzene rings is 2. The molecule has 7 heteroatoms. The molecule has 0 aromatic heterocycles. The second-order valence-electron chi connectivity index (χ2n) is 7.88. The van der Waals surface area contributed by atoms with Gasteiger partial charge in [0.1, 0.15) is 11.6 Å². The molecule has 1 spiro atoms. The Morgan fingerprint density at radius 2 is 1.63 bits per heavy atom. The first-order valence-electron chi connectivity index (χ1n) is 9.72. The molecule has 0 unspecified atom stereocenters. The molecule has 1 heterocycles. The van der Waals surface area contributed by atoms with Gasteiger partial charge in [-0.2, -0.15) is 0 Å². The zero-order valence-electron chi connectivity index (χ0n) is 16.7. The largest absolute Gasteiger partial charge is 0.478 e. The van der Waals surface area contributed by atoms with Gasteiger partial charge in [0.05, 0.1) is 16.0 Å². The average molecular weight is 428 g/mol. The van der Waals surface area contributed by atoms with E-state index < -0.39 is 27.0 Å². The van der Waals surface area contributed by atoms with E-state index in [-0.39, 0.29) is 21.8 Å². The van der Waals surface area contributed by atoms with Crippen molar-refractivity contribution in [1.82, 2.24) is 0 Å². The van der Waals surface area contributed by atoms with Crippen LogP contribution >= 0.6 is 0 Å². The summed E-state index contributed by atoms with van der Waals surface area (Å²) < 4.78 is 44.2. The summed E-state index contributed by atoms with van der Waals surface area (Å²) in [5.41, 5.74) is 0.146. The zero-order valence-corrected chi connectivity index (χ0v) is 17.5. The molecule has 30 heavy (non-hydrogen) atoms. The summed E-state index contributed by atoms with van der Waals surface area (Å²) in [5, 5.41) is 0. The number of halogens is 1. The molecule has 0 saturated heterocycles. The van der Waals surface area contributed by atoms with Crippen molar-refractivity contribution in [2.24, 2.45) is 0 Å². The molecule has 156 valence electrons. The van der Waals surface area contributed by atoms with E-state index in [1.54, 1.807) is 18.2 Å². The molecule has 1 aliphatic carbocycles. The maximum atomic E-state index is 14.5. The van der Waals surface area contributed by atoms with Crippen LogP contribution in [-0.2, 0) is 19.4 Å². The van der Waals surface area contributed by atoms with Crippen LogP contribution in [-0.4, -0.2) is 31.8 Å². The van der Waals surface area contributed by atoms with Crippen molar-refractivity contribution in [2.75, 3.05) is 6.26 Å². The van der Waals surface area contributed by atoms with E-state index in [2.05, 4.69) is 0 Å². The van der Waals surface area contributed by atoms with Crippen LogP contribution < -0.4 is 0 Å². The molecule has 4 rings (SSSR count). The van der Waals surface area contributed by atoms with E-state index in [1.807, 2.05) is 0 Å². The fraction of sp³-hybridized carbons (Fsp3) is 0.304. The summed E-state index contributed by atoms with van der Waals surface area (Å²) in [6.07, 6.45) is 3.99. The van der Waals surface area contributed by atoms with Crippen molar-refractivity contribution in [3.63, 3.8) is 0 Å². The molecule has 0 N–H and O–H groups in total. The Labute approximate surface area is 174 Å². The predicted octanol–water partition coefficient (Wildman–Crippen LogP) is 4.21. The van der Waals surface area contributed by atoms with Gasteiger partial charge in [-0.1, -0.05) is 6.07 Å². The van der Waals surface area contributed by atoms with Crippen LogP contribution in [0.15, 0.2) is 47.4 Å². The van der Waals surface area contributed by atoms with E-state index in [0.29, 0.717) is 29.7 Å². The van der Waals surface area contributed by atoms with E-state index in [9.17, 15) is 22.4 Å². The molecule has 2 aliphatic rings. The maximum absolute atomic E-state index is 14.5. The van der Waals surface area contributed by atoms with Gasteiger partial charge in [0.25, 0.3) is 0 Å². The predicted molar refractivity (Wildman–Crippen MR) is 110 cm³/mol. The van der Waals surface area contributed by atoms with Gasteiger partial charge in [0.15, 0.2) is 21.2 Å². The molecule has 0 atom stereocenters. The lowest BCUT2D eigenvalue weighted by molar-refractivity contribution is -0.127.